The van der Waals surface area contributed by atoms with E-state index in [1.54, 1.807) is 6.92 Å². The van der Waals surface area contributed by atoms with Crippen LogP contribution in [-0.4, -0.2) is 24.9 Å². The first-order chi connectivity index (χ1) is 5.00. The summed E-state index contributed by atoms with van der Waals surface area (Å²) in [6, 6.07) is 0. The molecule has 11 heavy (non-hydrogen) atoms. The van der Waals surface area contributed by atoms with Crippen molar-refractivity contribution in [3.05, 3.63) is 11.3 Å². The Labute approximate surface area is 67.9 Å². The summed E-state index contributed by atoms with van der Waals surface area (Å²) in [5, 5.41) is 0. The third-order valence-corrected chi connectivity index (χ3v) is 1.68. The van der Waals surface area contributed by atoms with Crippen LogP contribution in [0.25, 0.3) is 0 Å². The van der Waals surface area contributed by atoms with E-state index in [-0.39, 0.29) is 5.91 Å². The van der Waals surface area contributed by atoms with Gasteiger partial charge in [-0.2, -0.15) is 0 Å². The molecule has 0 radical (unpaired) electrons. The highest BCUT2D eigenvalue weighted by molar-refractivity contribution is 5.91. The molecule has 0 spiro atoms. The molecule has 0 aliphatic carbocycles. The maximum absolute atomic E-state index is 10.7. The fraction of sp³-hybridized carbons (Fsp3) is 0.625. The van der Waals surface area contributed by atoms with E-state index in [9.17, 15) is 4.79 Å². The minimum atomic E-state index is -0.337. The Hall–Kier alpha value is -0.990. The van der Waals surface area contributed by atoms with E-state index in [0.29, 0.717) is 5.57 Å². The van der Waals surface area contributed by atoms with Crippen LogP contribution in [0.1, 0.15) is 20.3 Å². The first-order valence-electron chi connectivity index (χ1n) is 3.67. The largest absolute Gasteiger partial charge is 0.381 e. The highest BCUT2D eigenvalue weighted by atomic mass is 16.1. The van der Waals surface area contributed by atoms with Gasteiger partial charge in [0, 0.05) is 25.4 Å². The van der Waals surface area contributed by atoms with Gasteiger partial charge in [0.1, 0.15) is 0 Å². The fourth-order valence-corrected chi connectivity index (χ4v) is 1.06. The van der Waals surface area contributed by atoms with E-state index >= 15 is 0 Å². The Morgan fingerprint density at radius 2 is 1.91 bits per heavy atom. The lowest BCUT2D eigenvalue weighted by molar-refractivity contribution is -0.114. The van der Waals surface area contributed by atoms with E-state index in [4.69, 9.17) is 5.73 Å². The summed E-state index contributed by atoms with van der Waals surface area (Å²) < 4.78 is 0. The monoisotopic (exact) mass is 156 g/mol. The molecule has 0 fully saturated rings. The number of nitrogens with zero attached hydrogens (tertiary/aromatic N) is 1. The van der Waals surface area contributed by atoms with Crippen molar-refractivity contribution in [1.29, 1.82) is 0 Å². The predicted octanol–water partition coefficient (Wildman–Crippen LogP) is 0.717. The molecule has 0 heterocycles. The third-order valence-electron chi connectivity index (χ3n) is 1.68. The molecule has 0 unspecified atom stereocenters. The van der Waals surface area contributed by atoms with Crippen LogP contribution in [-0.2, 0) is 4.79 Å². The summed E-state index contributed by atoms with van der Waals surface area (Å²) in [4.78, 5) is 12.7. The number of primary amides is 1. The molecule has 0 atom stereocenters. The van der Waals surface area contributed by atoms with E-state index in [1.165, 1.54) is 0 Å². The minimum absolute atomic E-state index is 0.337. The molecule has 0 aromatic carbocycles. The maximum atomic E-state index is 10.7. The Balaban J connectivity index is 4.68. The Bertz CT molecular complexity index is 183. The second-order valence-electron chi connectivity index (χ2n) is 2.68. The number of carbonyl (C=O) groups excluding carboxylic acids is 1. The van der Waals surface area contributed by atoms with Crippen LogP contribution in [0, 0.1) is 0 Å². The van der Waals surface area contributed by atoms with Gasteiger partial charge in [0.2, 0.25) is 5.91 Å². The second kappa shape index (κ2) is 4.01. The lowest BCUT2D eigenvalue weighted by atomic mass is 10.1. The topological polar surface area (TPSA) is 46.3 Å². The van der Waals surface area contributed by atoms with Gasteiger partial charge in [0.15, 0.2) is 0 Å². The number of rotatable bonds is 3. The standard InChI is InChI=1S/C8H16N2O/c1-5-7(10(3)4)6(2)8(9)11/h5H2,1-4H3,(H2,9,11)/b7-6+. The van der Waals surface area contributed by atoms with Crippen molar-refractivity contribution in [2.24, 2.45) is 5.73 Å². The van der Waals surface area contributed by atoms with Gasteiger partial charge in [-0.25, -0.2) is 0 Å². The summed E-state index contributed by atoms with van der Waals surface area (Å²) in [6.07, 6.45) is 0.835. The summed E-state index contributed by atoms with van der Waals surface area (Å²) in [5.74, 6) is -0.337. The Morgan fingerprint density at radius 3 is 2.00 bits per heavy atom. The lowest BCUT2D eigenvalue weighted by Crippen LogP contribution is -2.20. The molecule has 3 nitrogen and oxygen atoms in total. The predicted molar refractivity (Wildman–Crippen MR) is 45.9 cm³/mol. The van der Waals surface area contributed by atoms with Crippen LogP contribution >= 0.6 is 0 Å². The lowest BCUT2D eigenvalue weighted by Gasteiger charge is -2.17. The molecule has 0 aromatic heterocycles. The van der Waals surface area contributed by atoms with Crippen molar-refractivity contribution in [3.63, 3.8) is 0 Å². The van der Waals surface area contributed by atoms with E-state index in [2.05, 4.69) is 0 Å². The molecule has 0 aliphatic heterocycles. The van der Waals surface area contributed by atoms with Gasteiger partial charge in [0.25, 0.3) is 0 Å². The average Bonchev–Trinajstić information content (AvgIpc) is 1.88. The molecular formula is C8H16N2O. The zero-order valence-corrected chi connectivity index (χ0v) is 7.64. The SMILES string of the molecule is CC/C(=C(/C)C(N)=O)N(C)C. The van der Waals surface area contributed by atoms with Gasteiger partial charge >= 0.3 is 0 Å². The summed E-state index contributed by atoms with van der Waals surface area (Å²) in [6.45, 7) is 3.75. The van der Waals surface area contributed by atoms with Crippen molar-refractivity contribution in [1.82, 2.24) is 4.90 Å². The molecule has 0 saturated carbocycles. The van der Waals surface area contributed by atoms with Crippen LogP contribution in [0.15, 0.2) is 11.3 Å². The van der Waals surface area contributed by atoms with Gasteiger partial charge < -0.3 is 10.6 Å². The number of allylic oxidation sites excluding steroid dienone is 1. The van der Waals surface area contributed by atoms with Gasteiger partial charge in [-0.05, 0) is 13.3 Å². The zero-order chi connectivity index (χ0) is 9.02. The van der Waals surface area contributed by atoms with Gasteiger partial charge in [0.05, 0.1) is 0 Å². The zero-order valence-electron chi connectivity index (χ0n) is 7.64. The summed E-state index contributed by atoms with van der Waals surface area (Å²) in [5.41, 5.74) is 6.77. The molecular weight excluding hydrogens is 140 g/mol. The second-order valence-corrected chi connectivity index (χ2v) is 2.68. The van der Waals surface area contributed by atoms with Crippen LogP contribution in [0.2, 0.25) is 0 Å². The molecule has 0 aliphatic rings. The van der Waals surface area contributed by atoms with Crippen LogP contribution in [0.4, 0.5) is 0 Å². The van der Waals surface area contributed by atoms with Crippen LogP contribution < -0.4 is 5.73 Å². The molecule has 0 aromatic rings. The first-order valence-corrected chi connectivity index (χ1v) is 3.67. The summed E-state index contributed by atoms with van der Waals surface area (Å²) in [7, 11) is 3.82. The molecule has 0 saturated heterocycles. The number of carbonyl (C=O) groups is 1. The molecule has 3 heteroatoms. The summed E-state index contributed by atoms with van der Waals surface area (Å²) >= 11 is 0. The van der Waals surface area contributed by atoms with Gasteiger partial charge in [-0.15, -0.1) is 0 Å². The smallest absolute Gasteiger partial charge is 0.246 e. The van der Waals surface area contributed by atoms with Crippen molar-refractivity contribution in [2.75, 3.05) is 14.1 Å². The number of hydrogen-bond acceptors (Lipinski definition) is 2. The fourth-order valence-electron chi connectivity index (χ4n) is 1.06. The maximum Gasteiger partial charge on any atom is 0.246 e. The quantitative estimate of drug-likeness (QED) is 0.612. The highest BCUT2D eigenvalue weighted by Crippen LogP contribution is 2.09. The van der Waals surface area contributed by atoms with Gasteiger partial charge in [-0.3, -0.25) is 4.79 Å². The van der Waals surface area contributed by atoms with Crippen molar-refractivity contribution < 1.29 is 4.79 Å². The van der Waals surface area contributed by atoms with Gasteiger partial charge in [-0.1, -0.05) is 6.92 Å². The minimum Gasteiger partial charge on any atom is -0.381 e. The highest BCUT2D eigenvalue weighted by Gasteiger charge is 2.06. The van der Waals surface area contributed by atoms with Crippen molar-refractivity contribution in [2.45, 2.75) is 20.3 Å². The number of hydrogen-bond donors (Lipinski definition) is 1. The third kappa shape index (κ3) is 2.62. The van der Waals surface area contributed by atoms with E-state index in [0.717, 1.165) is 12.1 Å². The molecule has 0 rings (SSSR count). The van der Waals surface area contributed by atoms with Crippen LogP contribution in [0.3, 0.4) is 0 Å². The number of nitrogens with two attached hydrogens (primary N) is 1. The normalized spacial score (nSPS) is 12.4. The Kier molecular flexibility index (Phi) is 3.65. The molecule has 0 bridgehead atoms. The number of amides is 1. The van der Waals surface area contributed by atoms with Crippen molar-refractivity contribution >= 4 is 5.91 Å². The average molecular weight is 156 g/mol. The molecule has 2 N–H and O–H groups in total. The molecule has 64 valence electrons. The first kappa shape index (κ1) is 10.0. The van der Waals surface area contributed by atoms with Crippen molar-refractivity contribution in [3.8, 4) is 0 Å². The van der Waals surface area contributed by atoms with Crippen LogP contribution in [0.5, 0.6) is 0 Å². The van der Waals surface area contributed by atoms with E-state index < -0.39 is 0 Å². The Morgan fingerprint density at radius 1 is 1.45 bits per heavy atom. The van der Waals surface area contributed by atoms with E-state index in [1.807, 2.05) is 25.9 Å². The molecule has 1 amide bonds.